The number of hydrogen-bond acceptors (Lipinski definition) is 6. The molecule has 0 aliphatic rings. The molecular weight excluding hydrogens is 457 g/mol. The number of phenolic OH excluding ortho intramolecular Hbond substituents is 1. The maximum atomic E-state index is 14.8. The number of aromatic nitrogens is 3. The Kier molecular flexibility index (Phi) is 5.48. The molecule has 2 heterocycles. The van der Waals surface area contributed by atoms with Gasteiger partial charge in [0.05, 0.1) is 29.6 Å². The lowest BCUT2D eigenvalue weighted by Gasteiger charge is -2.15. The van der Waals surface area contributed by atoms with Crippen molar-refractivity contribution in [3.05, 3.63) is 40.2 Å². The maximum absolute atomic E-state index is 14.8. The molecule has 2 aromatic heterocycles. The Morgan fingerprint density at radius 3 is 2.60 bits per heavy atom. The van der Waals surface area contributed by atoms with E-state index in [0.29, 0.717) is 45.9 Å². The zero-order chi connectivity index (χ0) is 21.4. The number of aryl methyl sites for hydroxylation is 1. The average Bonchev–Trinajstić information content (AvgIpc) is 3.10. The molecule has 4 aromatic rings. The highest BCUT2D eigenvalue weighted by molar-refractivity contribution is 9.10. The summed E-state index contributed by atoms with van der Waals surface area (Å²) in [5.74, 6) is 0.235. The van der Waals surface area contributed by atoms with Crippen LogP contribution in [0.5, 0.6) is 17.2 Å². The van der Waals surface area contributed by atoms with Crippen molar-refractivity contribution in [3.8, 4) is 28.5 Å². The Labute approximate surface area is 179 Å². The fourth-order valence-corrected chi connectivity index (χ4v) is 3.73. The monoisotopic (exact) mass is 475 g/mol. The first-order valence-electron chi connectivity index (χ1n) is 9.11. The van der Waals surface area contributed by atoms with Crippen molar-refractivity contribution in [2.45, 2.75) is 6.92 Å². The second-order valence-electron chi connectivity index (χ2n) is 6.67. The van der Waals surface area contributed by atoms with Gasteiger partial charge in [0, 0.05) is 34.9 Å². The van der Waals surface area contributed by atoms with Crippen LogP contribution in [0, 0.1) is 12.7 Å². The first-order chi connectivity index (χ1) is 14.4. The first kappa shape index (κ1) is 20.4. The molecule has 0 aliphatic carbocycles. The molecule has 9 heteroatoms. The van der Waals surface area contributed by atoms with Crippen LogP contribution in [0.1, 0.15) is 5.69 Å². The quantitative estimate of drug-likeness (QED) is 0.392. The Bertz CT molecular complexity index is 1260. The number of pyridine rings is 1. The van der Waals surface area contributed by atoms with Gasteiger partial charge in [-0.3, -0.25) is 5.10 Å². The van der Waals surface area contributed by atoms with E-state index in [-0.39, 0.29) is 11.3 Å². The summed E-state index contributed by atoms with van der Waals surface area (Å²) in [6.45, 7) is 2.64. The van der Waals surface area contributed by atoms with Crippen molar-refractivity contribution < 1.29 is 23.7 Å². The van der Waals surface area contributed by atoms with E-state index in [0.717, 1.165) is 22.5 Å². The average molecular weight is 476 g/mol. The lowest BCUT2D eigenvalue weighted by molar-refractivity contribution is 0.144. The third-order valence-corrected chi connectivity index (χ3v) is 5.45. The van der Waals surface area contributed by atoms with Gasteiger partial charge in [0.1, 0.15) is 18.2 Å². The number of hydrogen-bond donors (Lipinski definition) is 2. The molecule has 2 aromatic carbocycles. The van der Waals surface area contributed by atoms with Crippen LogP contribution >= 0.6 is 15.9 Å². The van der Waals surface area contributed by atoms with Crippen molar-refractivity contribution in [1.29, 1.82) is 0 Å². The van der Waals surface area contributed by atoms with Crippen LogP contribution in [-0.4, -0.2) is 47.7 Å². The topological polar surface area (TPSA) is 89.5 Å². The molecule has 0 aliphatic heterocycles. The first-order valence-corrected chi connectivity index (χ1v) is 9.90. The molecule has 2 N–H and O–H groups in total. The number of fused-ring (bicyclic) bond motifs is 3. The number of nitrogens with zero attached hydrogens (tertiary/aromatic N) is 2. The van der Waals surface area contributed by atoms with Crippen LogP contribution in [0.15, 0.2) is 28.7 Å². The van der Waals surface area contributed by atoms with E-state index in [1.165, 1.54) is 13.2 Å². The van der Waals surface area contributed by atoms with E-state index >= 15 is 0 Å². The third kappa shape index (κ3) is 3.44. The van der Waals surface area contributed by atoms with Gasteiger partial charge in [-0.2, -0.15) is 5.10 Å². The van der Waals surface area contributed by atoms with Gasteiger partial charge < -0.3 is 19.3 Å². The number of aromatic amines is 1. The maximum Gasteiger partial charge on any atom is 0.161 e. The van der Waals surface area contributed by atoms with Gasteiger partial charge in [-0.1, -0.05) is 0 Å². The summed E-state index contributed by atoms with van der Waals surface area (Å²) in [5.41, 5.74) is 1.90. The fourth-order valence-electron chi connectivity index (χ4n) is 3.39. The summed E-state index contributed by atoms with van der Waals surface area (Å²) in [7, 11) is 3.14. The molecule has 0 radical (unpaired) electrons. The van der Waals surface area contributed by atoms with E-state index < -0.39 is 5.82 Å². The van der Waals surface area contributed by atoms with Gasteiger partial charge in [-0.15, -0.1) is 0 Å². The zero-order valence-electron chi connectivity index (χ0n) is 16.5. The molecule has 0 bridgehead atoms. The molecule has 30 heavy (non-hydrogen) atoms. The highest BCUT2D eigenvalue weighted by Gasteiger charge is 2.20. The number of methoxy groups -OCH3 is 2. The normalized spacial score (nSPS) is 11.4. The smallest absolute Gasteiger partial charge is 0.161 e. The van der Waals surface area contributed by atoms with Crippen LogP contribution in [0.2, 0.25) is 0 Å². The highest BCUT2D eigenvalue weighted by atomic mass is 79.9. The van der Waals surface area contributed by atoms with Crippen LogP contribution in [0.25, 0.3) is 33.1 Å². The summed E-state index contributed by atoms with van der Waals surface area (Å²) >= 11 is 3.25. The van der Waals surface area contributed by atoms with E-state index in [4.69, 9.17) is 14.2 Å². The number of aromatic hydroxyl groups is 1. The highest BCUT2D eigenvalue weighted by Crippen LogP contribution is 2.42. The van der Waals surface area contributed by atoms with Crippen molar-refractivity contribution >= 4 is 37.7 Å². The third-order valence-electron chi connectivity index (χ3n) is 4.82. The number of nitrogens with one attached hydrogen (secondary N) is 1. The minimum atomic E-state index is -0.598. The van der Waals surface area contributed by atoms with Gasteiger partial charge in [-0.05, 0) is 41.1 Å². The number of benzene rings is 2. The Morgan fingerprint density at radius 2 is 1.87 bits per heavy atom. The SMILES string of the molecule is COCCOc1cc2c(cc1OC)c(-c1cc(Br)c(O)cc1F)nc1[nH]nc(C)c12. The fraction of sp³-hybridized carbons (Fsp3) is 0.238. The van der Waals surface area contributed by atoms with Gasteiger partial charge in [0.25, 0.3) is 0 Å². The summed E-state index contributed by atoms with van der Waals surface area (Å²) in [5, 5.41) is 19.2. The molecule has 0 amide bonds. The van der Waals surface area contributed by atoms with Crippen LogP contribution in [0.4, 0.5) is 4.39 Å². The minimum absolute atomic E-state index is 0.189. The van der Waals surface area contributed by atoms with E-state index in [1.54, 1.807) is 13.2 Å². The zero-order valence-corrected chi connectivity index (χ0v) is 18.1. The van der Waals surface area contributed by atoms with Crippen LogP contribution in [-0.2, 0) is 4.74 Å². The Hall–Kier alpha value is -2.91. The predicted molar refractivity (Wildman–Crippen MR) is 115 cm³/mol. The Balaban J connectivity index is 2.05. The second kappa shape index (κ2) is 8.08. The summed E-state index contributed by atoms with van der Waals surface area (Å²) in [6, 6.07) is 6.16. The number of halogens is 2. The van der Waals surface area contributed by atoms with E-state index in [2.05, 4.69) is 31.1 Å². The van der Waals surface area contributed by atoms with Crippen LogP contribution in [0.3, 0.4) is 0 Å². The van der Waals surface area contributed by atoms with Crippen molar-refractivity contribution in [1.82, 2.24) is 15.2 Å². The number of rotatable bonds is 6. The number of phenols is 1. The molecule has 0 spiro atoms. The standard InChI is InChI=1S/C21H19BrFN3O4/c1-10-19-11-7-18(30-5-4-28-2)17(29-3)8-12(11)20(24-21(19)26-25-10)13-6-14(22)16(27)9-15(13)23/h6-9,27H,4-5H2,1-3H3,(H,24,25,26). The molecule has 0 fully saturated rings. The van der Waals surface area contributed by atoms with Gasteiger partial charge in [0.2, 0.25) is 0 Å². The van der Waals surface area contributed by atoms with Gasteiger partial charge >= 0.3 is 0 Å². The molecular formula is C21H19BrFN3O4. The van der Waals surface area contributed by atoms with Crippen LogP contribution < -0.4 is 9.47 Å². The molecule has 156 valence electrons. The van der Waals surface area contributed by atoms with Crippen molar-refractivity contribution in [2.24, 2.45) is 0 Å². The Morgan fingerprint density at radius 1 is 1.10 bits per heavy atom. The van der Waals surface area contributed by atoms with Crippen molar-refractivity contribution in [2.75, 3.05) is 27.4 Å². The predicted octanol–water partition coefficient (Wildman–Crippen LogP) is 4.73. The van der Waals surface area contributed by atoms with Gasteiger partial charge in [0.15, 0.2) is 17.1 Å². The van der Waals surface area contributed by atoms with E-state index in [1.807, 2.05) is 13.0 Å². The number of H-pyrrole nitrogens is 1. The summed E-state index contributed by atoms with van der Waals surface area (Å²) < 4.78 is 31.6. The summed E-state index contributed by atoms with van der Waals surface area (Å²) in [4.78, 5) is 4.63. The summed E-state index contributed by atoms with van der Waals surface area (Å²) in [6.07, 6.45) is 0. The molecule has 0 atom stereocenters. The largest absolute Gasteiger partial charge is 0.507 e. The van der Waals surface area contributed by atoms with E-state index in [9.17, 15) is 9.50 Å². The van der Waals surface area contributed by atoms with Gasteiger partial charge in [-0.25, -0.2) is 9.37 Å². The minimum Gasteiger partial charge on any atom is -0.507 e. The molecule has 4 rings (SSSR count). The molecule has 0 saturated heterocycles. The lowest BCUT2D eigenvalue weighted by Crippen LogP contribution is -2.05. The van der Waals surface area contributed by atoms with Crippen molar-refractivity contribution in [3.63, 3.8) is 0 Å². The second-order valence-corrected chi connectivity index (χ2v) is 7.52. The number of ether oxygens (including phenoxy) is 3. The molecule has 7 nitrogen and oxygen atoms in total. The molecule has 0 unspecified atom stereocenters. The lowest BCUT2D eigenvalue weighted by atomic mass is 10.00. The molecule has 0 saturated carbocycles.